The minimum atomic E-state index is -2.43. The van der Waals surface area contributed by atoms with Crippen LogP contribution >= 0.6 is 38.5 Å². The van der Waals surface area contributed by atoms with Gasteiger partial charge in [-0.1, -0.05) is 15.9 Å². The molecular formula is C8H7BrF2IN. The highest BCUT2D eigenvalue weighted by atomic mass is 127. The smallest absolute Gasteiger partial charge is 0.250 e. The van der Waals surface area contributed by atoms with Crippen molar-refractivity contribution in [2.75, 3.05) is 0 Å². The summed E-state index contributed by atoms with van der Waals surface area (Å²) in [4.78, 5) is 4.02. The van der Waals surface area contributed by atoms with E-state index in [0.717, 1.165) is 0 Å². The molecule has 0 amide bonds. The second-order valence-electron chi connectivity index (χ2n) is 2.56. The molecule has 0 fully saturated rings. The molecule has 0 atom stereocenters. The first-order valence-electron chi connectivity index (χ1n) is 3.56. The molecule has 1 aromatic heterocycles. The number of hydrogen-bond acceptors (Lipinski definition) is 1. The number of pyridine rings is 1. The Bertz CT molecular complexity index is 317. The van der Waals surface area contributed by atoms with Crippen molar-refractivity contribution in [1.29, 1.82) is 0 Å². The number of aromatic nitrogens is 1. The van der Waals surface area contributed by atoms with E-state index in [1.54, 1.807) is 6.92 Å². The topological polar surface area (TPSA) is 12.9 Å². The molecule has 13 heavy (non-hydrogen) atoms. The van der Waals surface area contributed by atoms with Gasteiger partial charge in [0, 0.05) is 22.7 Å². The minimum absolute atomic E-state index is 0.108. The average Bonchev–Trinajstić information content (AvgIpc) is 2.07. The lowest BCUT2D eigenvalue weighted by Crippen LogP contribution is -2.01. The van der Waals surface area contributed by atoms with E-state index in [1.165, 1.54) is 6.20 Å². The van der Waals surface area contributed by atoms with Crippen molar-refractivity contribution >= 4 is 38.5 Å². The van der Waals surface area contributed by atoms with E-state index in [1.807, 2.05) is 22.6 Å². The van der Waals surface area contributed by atoms with Gasteiger partial charge in [0.05, 0.1) is 0 Å². The zero-order chi connectivity index (χ0) is 10.0. The average molecular weight is 362 g/mol. The standard InChI is InChI=1S/C8H7BrF2IN/c1-4-3-13-8(12)5(2-9)6(4)7(10)11/h3,7H,2H2,1H3. The highest BCUT2D eigenvalue weighted by Crippen LogP contribution is 2.29. The summed E-state index contributed by atoms with van der Waals surface area (Å²) in [5.41, 5.74) is 1.25. The third kappa shape index (κ3) is 2.37. The quantitative estimate of drug-likeness (QED) is 0.443. The van der Waals surface area contributed by atoms with Gasteiger partial charge in [-0.2, -0.15) is 0 Å². The van der Waals surface area contributed by atoms with E-state index in [0.29, 0.717) is 20.2 Å². The summed E-state index contributed by atoms with van der Waals surface area (Å²) in [6, 6.07) is 0. The van der Waals surface area contributed by atoms with Crippen LogP contribution in [0, 0.1) is 10.6 Å². The molecule has 72 valence electrons. The van der Waals surface area contributed by atoms with Gasteiger partial charge in [0.25, 0.3) is 6.43 Å². The van der Waals surface area contributed by atoms with Crippen molar-refractivity contribution in [3.63, 3.8) is 0 Å². The monoisotopic (exact) mass is 361 g/mol. The van der Waals surface area contributed by atoms with E-state index in [4.69, 9.17) is 0 Å². The van der Waals surface area contributed by atoms with Crippen molar-refractivity contribution < 1.29 is 8.78 Å². The van der Waals surface area contributed by atoms with Crippen molar-refractivity contribution in [2.45, 2.75) is 18.7 Å². The van der Waals surface area contributed by atoms with Crippen LogP contribution in [0.3, 0.4) is 0 Å². The largest absolute Gasteiger partial charge is 0.264 e. The molecule has 0 bridgehead atoms. The van der Waals surface area contributed by atoms with Crippen molar-refractivity contribution in [3.8, 4) is 0 Å². The maximum atomic E-state index is 12.6. The van der Waals surface area contributed by atoms with Gasteiger partial charge in [0.15, 0.2) is 0 Å². The third-order valence-electron chi connectivity index (χ3n) is 1.72. The summed E-state index contributed by atoms with van der Waals surface area (Å²) in [6.07, 6.45) is -0.945. The second-order valence-corrected chi connectivity index (χ2v) is 4.14. The zero-order valence-electron chi connectivity index (χ0n) is 6.82. The first-order chi connectivity index (χ1) is 6.07. The molecule has 0 N–H and O–H groups in total. The Kier molecular flexibility index (Phi) is 4.03. The SMILES string of the molecule is Cc1cnc(I)c(CBr)c1C(F)F. The normalized spacial score (nSPS) is 10.9. The van der Waals surface area contributed by atoms with E-state index in [-0.39, 0.29) is 5.56 Å². The van der Waals surface area contributed by atoms with Crippen LogP contribution < -0.4 is 0 Å². The number of rotatable bonds is 2. The highest BCUT2D eigenvalue weighted by Gasteiger charge is 2.17. The second kappa shape index (κ2) is 4.63. The Balaban J connectivity index is 3.35. The Labute approximate surface area is 97.2 Å². The molecule has 0 unspecified atom stereocenters. The van der Waals surface area contributed by atoms with E-state index < -0.39 is 6.43 Å². The summed E-state index contributed by atoms with van der Waals surface area (Å²) in [5.74, 6) is 0. The highest BCUT2D eigenvalue weighted by molar-refractivity contribution is 14.1. The molecule has 5 heteroatoms. The molecule has 0 aliphatic rings. The number of nitrogens with zero attached hydrogens (tertiary/aromatic N) is 1. The van der Waals surface area contributed by atoms with Crippen LogP contribution in [0.4, 0.5) is 8.78 Å². The molecule has 1 aromatic rings. The lowest BCUT2D eigenvalue weighted by molar-refractivity contribution is 0.149. The van der Waals surface area contributed by atoms with Gasteiger partial charge in [-0.15, -0.1) is 0 Å². The summed E-state index contributed by atoms with van der Waals surface area (Å²) in [7, 11) is 0. The van der Waals surface area contributed by atoms with Crippen molar-refractivity contribution in [3.05, 3.63) is 26.6 Å². The lowest BCUT2D eigenvalue weighted by atomic mass is 10.1. The fraction of sp³-hybridized carbons (Fsp3) is 0.375. The zero-order valence-corrected chi connectivity index (χ0v) is 10.6. The van der Waals surface area contributed by atoms with Crippen LogP contribution in [-0.2, 0) is 5.33 Å². The molecule has 0 spiro atoms. The lowest BCUT2D eigenvalue weighted by Gasteiger charge is -2.10. The van der Waals surface area contributed by atoms with Gasteiger partial charge in [0.2, 0.25) is 0 Å². The number of halogens is 4. The molecule has 0 saturated carbocycles. The molecule has 0 aromatic carbocycles. The van der Waals surface area contributed by atoms with Gasteiger partial charge in [0.1, 0.15) is 3.70 Å². The Morgan fingerprint density at radius 1 is 1.62 bits per heavy atom. The molecule has 1 heterocycles. The molecule has 1 rings (SSSR count). The van der Waals surface area contributed by atoms with Crippen LogP contribution in [0.5, 0.6) is 0 Å². The van der Waals surface area contributed by atoms with Gasteiger partial charge in [-0.25, -0.2) is 13.8 Å². The van der Waals surface area contributed by atoms with Crippen molar-refractivity contribution in [2.24, 2.45) is 0 Å². The van der Waals surface area contributed by atoms with E-state index in [2.05, 4.69) is 20.9 Å². The maximum absolute atomic E-state index is 12.6. The predicted octanol–water partition coefficient (Wildman–Crippen LogP) is 3.83. The summed E-state index contributed by atoms with van der Waals surface area (Å²) < 4.78 is 25.8. The number of aryl methyl sites for hydroxylation is 1. The molecule has 0 radical (unpaired) electrons. The van der Waals surface area contributed by atoms with Crippen LogP contribution in [0.1, 0.15) is 23.1 Å². The number of alkyl halides is 3. The molecular weight excluding hydrogens is 355 g/mol. The van der Waals surface area contributed by atoms with Crippen molar-refractivity contribution in [1.82, 2.24) is 4.98 Å². The Hall–Kier alpha value is 0.220. The first-order valence-corrected chi connectivity index (χ1v) is 5.76. The fourth-order valence-electron chi connectivity index (χ4n) is 1.08. The predicted molar refractivity (Wildman–Crippen MR) is 59.3 cm³/mol. The maximum Gasteiger partial charge on any atom is 0.264 e. The summed E-state index contributed by atoms with van der Waals surface area (Å²) in [6.45, 7) is 1.65. The van der Waals surface area contributed by atoms with Crippen LogP contribution in [0.15, 0.2) is 6.20 Å². The Morgan fingerprint density at radius 3 is 2.62 bits per heavy atom. The summed E-state index contributed by atoms with van der Waals surface area (Å²) in [5, 5.41) is 0.416. The molecule has 0 aliphatic heterocycles. The van der Waals surface area contributed by atoms with Crippen LogP contribution in [0.25, 0.3) is 0 Å². The van der Waals surface area contributed by atoms with Gasteiger partial charge in [-0.05, 0) is 35.1 Å². The van der Waals surface area contributed by atoms with Crippen LogP contribution in [-0.4, -0.2) is 4.98 Å². The van der Waals surface area contributed by atoms with Gasteiger partial charge < -0.3 is 0 Å². The van der Waals surface area contributed by atoms with E-state index >= 15 is 0 Å². The van der Waals surface area contributed by atoms with E-state index in [9.17, 15) is 8.78 Å². The summed E-state index contributed by atoms with van der Waals surface area (Å²) >= 11 is 5.15. The molecule has 0 aliphatic carbocycles. The van der Waals surface area contributed by atoms with Gasteiger partial charge >= 0.3 is 0 Å². The van der Waals surface area contributed by atoms with Gasteiger partial charge in [-0.3, -0.25) is 0 Å². The third-order valence-corrected chi connectivity index (χ3v) is 3.21. The fourth-order valence-corrected chi connectivity index (χ4v) is 2.79. The molecule has 1 nitrogen and oxygen atoms in total. The first kappa shape index (κ1) is 11.3. The van der Waals surface area contributed by atoms with Crippen LogP contribution in [0.2, 0.25) is 0 Å². The Morgan fingerprint density at radius 2 is 2.23 bits per heavy atom. The minimum Gasteiger partial charge on any atom is -0.250 e. The number of hydrogen-bond donors (Lipinski definition) is 0. The molecule has 0 saturated heterocycles.